The van der Waals surface area contributed by atoms with Gasteiger partial charge in [0.25, 0.3) is 0 Å². The number of hydrogen-bond acceptors (Lipinski definition) is 0. The van der Waals surface area contributed by atoms with Gasteiger partial charge in [0.2, 0.25) is 5.55 Å². The highest BCUT2D eigenvalue weighted by Crippen LogP contribution is 2.09. The minimum Gasteiger partial charge on any atom is -0.213 e. The maximum absolute atomic E-state index is 11.5. The van der Waals surface area contributed by atoms with Gasteiger partial charge in [-0.3, -0.25) is 0 Å². The third-order valence-corrected chi connectivity index (χ3v) is 1.33. The monoisotopic (exact) mass is 110 g/mol. The molecule has 38 valence electrons. The molecule has 0 aromatic heterocycles. The second-order valence-electron chi connectivity index (χ2n) is 1.42. The van der Waals surface area contributed by atoms with E-state index >= 15 is 0 Å². The van der Waals surface area contributed by atoms with Crippen LogP contribution >= 0.6 is 0 Å². The van der Waals surface area contributed by atoms with Crippen molar-refractivity contribution in [3.8, 4) is 0 Å². The maximum Gasteiger partial charge on any atom is 0.219 e. The quantitative estimate of drug-likeness (QED) is 0.427. The molecule has 6 heavy (non-hydrogen) atoms. The lowest BCUT2D eigenvalue weighted by Crippen LogP contribution is -2.12. The Bertz CT molecular complexity index is 38.5. The van der Waals surface area contributed by atoms with Crippen LogP contribution in [0.25, 0.3) is 0 Å². The molecule has 0 bridgehead atoms. The summed E-state index contributed by atoms with van der Waals surface area (Å²) in [5.41, 5.74) is -2.32. The molecule has 0 aromatic carbocycles. The Kier molecular flexibility index (Phi) is 1.71. The molecule has 0 rings (SSSR count). The van der Waals surface area contributed by atoms with Crippen molar-refractivity contribution in [2.24, 2.45) is 0 Å². The molecule has 0 nitrogen and oxygen atoms in total. The number of halogens is 2. The van der Waals surface area contributed by atoms with Crippen molar-refractivity contribution in [1.82, 2.24) is 0 Å². The molecule has 0 fully saturated rings. The van der Waals surface area contributed by atoms with Gasteiger partial charge in [-0.1, -0.05) is 6.92 Å². The third-order valence-electron chi connectivity index (χ3n) is 0.621. The zero-order valence-electron chi connectivity index (χ0n) is 3.96. The molecule has 0 aliphatic rings. The molecule has 0 spiro atoms. The first-order valence-electron chi connectivity index (χ1n) is 1.94. The van der Waals surface area contributed by atoms with Crippen LogP contribution in [0.2, 0.25) is 0 Å². The van der Waals surface area contributed by atoms with E-state index in [4.69, 9.17) is 0 Å². The molecule has 0 aliphatic carbocycles. The first-order valence-corrected chi connectivity index (χ1v) is 2.94. The summed E-state index contributed by atoms with van der Waals surface area (Å²) in [6, 6.07) is 0. The van der Waals surface area contributed by atoms with Gasteiger partial charge in [-0.2, -0.15) is 0 Å². The number of hydrogen-bond donors (Lipinski definition) is 0. The van der Waals surface area contributed by atoms with Gasteiger partial charge in [0, 0.05) is 6.42 Å². The highest BCUT2D eigenvalue weighted by Gasteiger charge is 2.15. The molecule has 0 atom stereocenters. The van der Waals surface area contributed by atoms with Crippen molar-refractivity contribution in [3.05, 3.63) is 0 Å². The van der Waals surface area contributed by atoms with E-state index in [-0.39, 0.29) is 16.7 Å². The van der Waals surface area contributed by atoms with E-state index in [1.807, 2.05) is 0 Å². The highest BCUT2D eigenvalue weighted by molar-refractivity contribution is 6.13. The van der Waals surface area contributed by atoms with E-state index in [1.54, 1.807) is 0 Å². The van der Waals surface area contributed by atoms with Crippen LogP contribution in [0.5, 0.6) is 0 Å². The van der Waals surface area contributed by atoms with E-state index in [1.165, 1.54) is 6.92 Å². The normalized spacial score (nSPS) is 12.5. The van der Waals surface area contributed by atoms with Crippen LogP contribution in [-0.2, 0) is 0 Å². The first kappa shape index (κ1) is 6.08. The summed E-state index contributed by atoms with van der Waals surface area (Å²) in [5, 5.41) is 0. The largest absolute Gasteiger partial charge is 0.219 e. The molecule has 0 aliphatic heterocycles. The predicted octanol–water partition coefficient (Wildman–Crippen LogP) is 0.355. The van der Waals surface area contributed by atoms with Gasteiger partial charge in [0.15, 0.2) is 0 Å². The third kappa shape index (κ3) is 4.08. The summed E-state index contributed by atoms with van der Waals surface area (Å²) < 4.78 is 23.0. The Hall–Kier alpha value is 0.0769. The molecule has 0 aromatic rings. The summed E-state index contributed by atoms with van der Waals surface area (Å²) in [4.78, 5) is 0. The fourth-order valence-corrected chi connectivity index (χ4v) is 0. The van der Waals surface area contributed by atoms with Gasteiger partial charge in [-0.25, -0.2) is 8.78 Å². The van der Waals surface area contributed by atoms with Crippen LogP contribution in [-0.4, -0.2) is 15.8 Å². The van der Waals surface area contributed by atoms with Crippen LogP contribution in [0, 0.1) is 0 Å². The Morgan fingerprint density at radius 2 is 1.83 bits per heavy atom. The van der Waals surface area contributed by atoms with Crippen LogP contribution in [0.4, 0.5) is 8.78 Å². The lowest BCUT2D eigenvalue weighted by molar-refractivity contribution is 0.0912. The van der Waals surface area contributed by atoms with Gasteiger partial charge in [0.05, 0.1) is 10.2 Å². The Balaban J connectivity index is 3.17. The second-order valence-corrected chi connectivity index (χ2v) is 2.89. The molecule has 0 saturated carbocycles. The van der Waals surface area contributed by atoms with Gasteiger partial charge in [-0.15, -0.1) is 0 Å². The minimum atomic E-state index is -2.32. The maximum atomic E-state index is 11.5. The summed E-state index contributed by atoms with van der Waals surface area (Å²) >= 11 is 0. The van der Waals surface area contributed by atoms with Crippen LogP contribution in [0.3, 0.4) is 0 Å². The summed E-state index contributed by atoms with van der Waals surface area (Å²) in [6.45, 7) is 1.49. The van der Waals surface area contributed by atoms with E-state index in [2.05, 4.69) is 0 Å². The first-order chi connectivity index (χ1) is 2.56. The molecular formula is C3H8F2Si. The van der Waals surface area contributed by atoms with Crippen molar-refractivity contribution in [3.63, 3.8) is 0 Å². The molecule has 0 radical (unpaired) electrons. The van der Waals surface area contributed by atoms with Crippen LogP contribution < -0.4 is 0 Å². The zero-order chi connectivity index (χ0) is 5.21. The minimum absolute atomic E-state index is 0.000772. The average molecular weight is 110 g/mol. The van der Waals surface area contributed by atoms with Crippen molar-refractivity contribution < 1.29 is 8.78 Å². The summed E-state index contributed by atoms with van der Waals surface area (Å²) in [5.74, 6) is 0. The molecule has 0 amide bonds. The van der Waals surface area contributed by atoms with Crippen molar-refractivity contribution >= 4 is 10.2 Å². The lowest BCUT2D eigenvalue weighted by atomic mass is 10.5. The van der Waals surface area contributed by atoms with Gasteiger partial charge in [-0.05, 0) is 0 Å². The number of alkyl halides is 2. The lowest BCUT2D eigenvalue weighted by Gasteiger charge is -2.02. The van der Waals surface area contributed by atoms with E-state index in [0.29, 0.717) is 0 Å². The van der Waals surface area contributed by atoms with Crippen molar-refractivity contribution in [1.29, 1.82) is 0 Å². The molecule has 0 heterocycles. The SMILES string of the molecule is CCC(F)(F)[SiH3]. The molecule has 0 N–H and O–H groups in total. The molecule has 3 heteroatoms. The van der Waals surface area contributed by atoms with E-state index in [9.17, 15) is 8.78 Å². The van der Waals surface area contributed by atoms with Crippen LogP contribution in [0.1, 0.15) is 13.3 Å². The number of rotatable bonds is 1. The van der Waals surface area contributed by atoms with Gasteiger partial charge >= 0.3 is 0 Å². The Morgan fingerprint density at radius 1 is 1.67 bits per heavy atom. The summed E-state index contributed by atoms with van der Waals surface area (Å²) in [7, 11) is -0.00463. The van der Waals surface area contributed by atoms with Crippen LogP contribution in [0.15, 0.2) is 0 Å². The topological polar surface area (TPSA) is 0 Å². The molecule has 0 saturated heterocycles. The smallest absolute Gasteiger partial charge is 0.213 e. The fourth-order valence-electron chi connectivity index (χ4n) is 0. The molecular weight excluding hydrogens is 102 g/mol. The Morgan fingerprint density at radius 3 is 1.83 bits per heavy atom. The summed E-state index contributed by atoms with van der Waals surface area (Å²) in [6.07, 6.45) is -0.000772. The van der Waals surface area contributed by atoms with Gasteiger partial charge in [0.1, 0.15) is 0 Å². The predicted molar refractivity (Wildman–Crippen MR) is 25.2 cm³/mol. The zero-order valence-corrected chi connectivity index (χ0v) is 5.96. The average Bonchev–Trinajstić information content (AvgIpc) is 1.35. The van der Waals surface area contributed by atoms with E-state index in [0.717, 1.165) is 0 Å². The van der Waals surface area contributed by atoms with E-state index < -0.39 is 5.55 Å². The van der Waals surface area contributed by atoms with Gasteiger partial charge < -0.3 is 0 Å². The van der Waals surface area contributed by atoms with Crippen molar-refractivity contribution in [2.45, 2.75) is 18.9 Å². The second kappa shape index (κ2) is 1.68. The fraction of sp³-hybridized carbons (Fsp3) is 1.00. The highest BCUT2D eigenvalue weighted by atomic mass is 28.1. The Labute approximate surface area is 39.0 Å². The standard InChI is InChI=1S/C3H8F2Si/c1-2-3(4,5)6/h2H2,1,6H3. The molecule has 0 unspecified atom stereocenters. The van der Waals surface area contributed by atoms with Crippen molar-refractivity contribution in [2.75, 3.05) is 0 Å².